The minimum absolute atomic E-state index is 0.00190. The average Bonchev–Trinajstić information content (AvgIpc) is 2.54. The van der Waals surface area contributed by atoms with Crippen LogP contribution in [0.25, 0.3) is 10.9 Å². The van der Waals surface area contributed by atoms with Gasteiger partial charge in [0.05, 0.1) is 23.3 Å². The van der Waals surface area contributed by atoms with Crippen molar-refractivity contribution in [3.05, 3.63) is 28.7 Å². The number of aromatic amines is 1. The third kappa shape index (κ3) is 1.18. The standard InChI is InChI=1S/C8H6ClFN2O/c9-6-1-4-2-11-12-8(4)5(3-13)7(6)10/h1-2,13H,3H2,(H,11,12). The number of H-pyrrole nitrogens is 1. The Hall–Kier alpha value is -1.13. The predicted molar refractivity (Wildman–Crippen MR) is 47.0 cm³/mol. The Morgan fingerprint density at radius 2 is 2.38 bits per heavy atom. The van der Waals surface area contributed by atoms with E-state index in [1.165, 1.54) is 12.3 Å². The summed E-state index contributed by atoms with van der Waals surface area (Å²) in [5, 5.41) is 15.9. The highest BCUT2D eigenvalue weighted by Gasteiger charge is 2.12. The van der Waals surface area contributed by atoms with E-state index in [9.17, 15) is 4.39 Å². The van der Waals surface area contributed by atoms with E-state index in [4.69, 9.17) is 16.7 Å². The van der Waals surface area contributed by atoms with E-state index in [2.05, 4.69) is 10.2 Å². The Morgan fingerprint density at radius 3 is 3.08 bits per heavy atom. The van der Waals surface area contributed by atoms with Gasteiger partial charge in [0.1, 0.15) is 5.82 Å². The third-order valence-electron chi connectivity index (χ3n) is 1.89. The van der Waals surface area contributed by atoms with Crippen LogP contribution in [0.5, 0.6) is 0 Å². The highest BCUT2D eigenvalue weighted by atomic mass is 35.5. The molecule has 0 aliphatic carbocycles. The maximum atomic E-state index is 13.3. The highest BCUT2D eigenvalue weighted by Crippen LogP contribution is 2.26. The van der Waals surface area contributed by atoms with Crippen LogP contribution in [0, 0.1) is 5.82 Å². The summed E-state index contributed by atoms with van der Waals surface area (Å²) in [5.74, 6) is -0.596. The van der Waals surface area contributed by atoms with E-state index in [1.807, 2.05) is 0 Å². The van der Waals surface area contributed by atoms with Gasteiger partial charge in [-0.15, -0.1) is 0 Å². The van der Waals surface area contributed by atoms with Gasteiger partial charge in [0, 0.05) is 10.9 Å². The van der Waals surface area contributed by atoms with Gasteiger partial charge in [0.2, 0.25) is 0 Å². The first kappa shape index (κ1) is 8.47. The molecule has 1 aromatic heterocycles. The van der Waals surface area contributed by atoms with Crippen LogP contribution >= 0.6 is 11.6 Å². The summed E-state index contributed by atoms with van der Waals surface area (Å²) in [6.45, 7) is -0.398. The zero-order chi connectivity index (χ0) is 9.42. The molecule has 1 heterocycles. The lowest BCUT2D eigenvalue weighted by Crippen LogP contribution is -1.92. The van der Waals surface area contributed by atoms with E-state index < -0.39 is 12.4 Å². The molecule has 0 saturated heterocycles. The number of aliphatic hydroxyl groups excluding tert-OH is 1. The molecule has 0 aliphatic rings. The lowest BCUT2D eigenvalue weighted by Gasteiger charge is -2.02. The van der Waals surface area contributed by atoms with Crippen molar-refractivity contribution in [3.63, 3.8) is 0 Å². The number of halogens is 2. The first-order valence-electron chi connectivity index (χ1n) is 3.65. The van der Waals surface area contributed by atoms with Crippen LogP contribution in [0.2, 0.25) is 5.02 Å². The molecule has 0 radical (unpaired) electrons. The number of rotatable bonds is 1. The van der Waals surface area contributed by atoms with Gasteiger partial charge in [-0.05, 0) is 6.07 Å². The van der Waals surface area contributed by atoms with Gasteiger partial charge in [-0.3, -0.25) is 5.10 Å². The molecule has 0 bridgehead atoms. The molecule has 13 heavy (non-hydrogen) atoms. The van der Waals surface area contributed by atoms with E-state index in [0.717, 1.165) is 0 Å². The lowest BCUT2D eigenvalue weighted by atomic mass is 10.1. The van der Waals surface area contributed by atoms with Gasteiger partial charge in [0.25, 0.3) is 0 Å². The van der Waals surface area contributed by atoms with Crippen molar-refractivity contribution in [1.82, 2.24) is 10.2 Å². The summed E-state index contributed by atoms with van der Waals surface area (Å²) in [4.78, 5) is 0. The summed E-state index contributed by atoms with van der Waals surface area (Å²) < 4.78 is 13.3. The smallest absolute Gasteiger partial charge is 0.149 e. The van der Waals surface area contributed by atoms with E-state index in [-0.39, 0.29) is 10.6 Å². The number of nitrogens with zero attached hydrogens (tertiary/aromatic N) is 1. The predicted octanol–water partition coefficient (Wildman–Crippen LogP) is 1.85. The van der Waals surface area contributed by atoms with Gasteiger partial charge in [-0.25, -0.2) is 4.39 Å². The number of aromatic nitrogens is 2. The second-order valence-corrected chi connectivity index (χ2v) is 3.05. The SMILES string of the molecule is OCc1c(F)c(Cl)cc2cn[nH]c12. The molecular weight excluding hydrogens is 195 g/mol. The quantitative estimate of drug-likeness (QED) is 0.738. The Balaban J connectivity index is 2.87. The van der Waals surface area contributed by atoms with Gasteiger partial charge in [-0.1, -0.05) is 11.6 Å². The molecule has 2 N–H and O–H groups in total. The number of nitrogens with one attached hydrogen (secondary N) is 1. The van der Waals surface area contributed by atoms with Crippen LogP contribution in [-0.2, 0) is 6.61 Å². The monoisotopic (exact) mass is 200 g/mol. The fourth-order valence-corrected chi connectivity index (χ4v) is 1.48. The Bertz CT molecular complexity index is 455. The van der Waals surface area contributed by atoms with Gasteiger partial charge in [0.15, 0.2) is 0 Å². The van der Waals surface area contributed by atoms with Gasteiger partial charge in [-0.2, -0.15) is 5.10 Å². The van der Waals surface area contributed by atoms with Crippen LogP contribution in [-0.4, -0.2) is 15.3 Å². The molecule has 68 valence electrons. The molecule has 0 amide bonds. The zero-order valence-electron chi connectivity index (χ0n) is 6.51. The van der Waals surface area contributed by atoms with Crippen LogP contribution in [0.15, 0.2) is 12.3 Å². The van der Waals surface area contributed by atoms with Crippen molar-refractivity contribution in [1.29, 1.82) is 0 Å². The van der Waals surface area contributed by atoms with E-state index in [0.29, 0.717) is 10.9 Å². The Kier molecular flexibility index (Phi) is 1.94. The fourth-order valence-electron chi connectivity index (χ4n) is 1.25. The minimum Gasteiger partial charge on any atom is -0.391 e. The van der Waals surface area contributed by atoms with Crippen molar-refractivity contribution in [2.45, 2.75) is 6.61 Å². The second kappa shape index (κ2) is 2.97. The number of aliphatic hydroxyl groups is 1. The molecule has 0 spiro atoms. The van der Waals surface area contributed by atoms with Crippen LogP contribution in [0.1, 0.15) is 5.56 Å². The largest absolute Gasteiger partial charge is 0.391 e. The summed E-state index contributed by atoms with van der Waals surface area (Å²) >= 11 is 5.60. The van der Waals surface area contributed by atoms with E-state index >= 15 is 0 Å². The van der Waals surface area contributed by atoms with Gasteiger partial charge >= 0.3 is 0 Å². The molecule has 5 heteroatoms. The molecule has 1 aromatic carbocycles. The number of hydrogen-bond donors (Lipinski definition) is 2. The molecule has 2 aromatic rings. The molecule has 3 nitrogen and oxygen atoms in total. The van der Waals surface area contributed by atoms with Gasteiger partial charge < -0.3 is 5.11 Å². The first-order valence-corrected chi connectivity index (χ1v) is 4.02. The molecule has 2 rings (SSSR count). The second-order valence-electron chi connectivity index (χ2n) is 2.64. The van der Waals surface area contributed by atoms with Crippen molar-refractivity contribution < 1.29 is 9.50 Å². The lowest BCUT2D eigenvalue weighted by molar-refractivity contribution is 0.277. The highest BCUT2D eigenvalue weighted by molar-refractivity contribution is 6.31. The summed E-state index contributed by atoms with van der Waals surface area (Å²) in [5.41, 5.74) is 0.643. The Labute approximate surface area is 78.1 Å². The molecule has 0 unspecified atom stereocenters. The number of fused-ring (bicyclic) bond motifs is 1. The summed E-state index contributed by atoms with van der Waals surface area (Å²) in [6.07, 6.45) is 1.53. The molecule has 0 aliphatic heterocycles. The molecular formula is C8H6ClFN2O. The number of hydrogen-bond acceptors (Lipinski definition) is 2. The van der Waals surface area contributed by atoms with Crippen molar-refractivity contribution in [3.8, 4) is 0 Å². The van der Waals surface area contributed by atoms with Crippen molar-refractivity contribution in [2.24, 2.45) is 0 Å². The summed E-state index contributed by atoms with van der Waals surface area (Å²) in [7, 11) is 0. The summed E-state index contributed by atoms with van der Waals surface area (Å²) in [6, 6.07) is 1.47. The van der Waals surface area contributed by atoms with Crippen LogP contribution in [0.4, 0.5) is 4.39 Å². The molecule has 0 saturated carbocycles. The topological polar surface area (TPSA) is 48.9 Å². The maximum Gasteiger partial charge on any atom is 0.149 e. The van der Waals surface area contributed by atoms with Crippen LogP contribution < -0.4 is 0 Å². The normalized spacial score (nSPS) is 11.0. The zero-order valence-corrected chi connectivity index (χ0v) is 7.27. The minimum atomic E-state index is -0.596. The van der Waals surface area contributed by atoms with Crippen LogP contribution in [0.3, 0.4) is 0 Å². The van der Waals surface area contributed by atoms with Crippen molar-refractivity contribution in [2.75, 3.05) is 0 Å². The molecule has 0 atom stereocenters. The number of benzene rings is 1. The fraction of sp³-hybridized carbons (Fsp3) is 0.125. The Morgan fingerprint density at radius 1 is 1.62 bits per heavy atom. The average molecular weight is 201 g/mol. The first-order chi connectivity index (χ1) is 6.24. The van der Waals surface area contributed by atoms with E-state index in [1.54, 1.807) is 0 Å². The molecule has 0 fully saturated rings. The van der Waals surface area contributed by atoms with Crippen molar-refractivity contribution >= 4 is 22.5 Å². The third-order valence-corrected chi connectivity index (χ3v) is 2.16. The maximum absolute atomic E-state index is 13.3.